The zero-order chi connectivity index (χ0) is 23.8. The van der Waals surface area contributed by atoms with Crippen LogP contribution in [0.25, 0.3) is 0 Å². The van der Waals surface area contributed by atoms with Crippen LogP contribution in [-0.4, -0.2) is 19.1 Å². The van der Waals surface area contributed by atoms with E-state index in [4.69, 9.17) is 4.74 Å². The van der Waals surface area contributed by atoms with E-state index in [9.17, 15) is 8.78 Å². The number of hydrogen-bond donors (Lipinski definition) is 0. The third-order valence-electron chi connectivity index (χ3n) is 8.30. The molecule has 6 unspecified atom stereocenters. The third kappa shape index (κ3) is 9.30. The number of alkyl halides is 2. The Morgan fingerprint density at radius 1 is 0.645 bits per heavy atom. The lowest BCUT2D eigenvalue weighted by Gasteiger charge is -2.38. The largest absolute Gasteiger partial charge is 0.381 e. The molecule has 3 rings (SSSR count). The van der Waals surface area contributed by atoms with E-state index in [1.165, 1.54) is 25.7 Å². The number of rotatable bonds is 3. The minimum Gasteiger partial charge on any atom is -0.381 e. The average Bonchev–Trinajstić information content (AvgIpc) is 3.08. The van der Waals surface area contributed by atoms with Crippen LogP contribution in [0.1, 0.15) is 107 Å². The fraction of sp³-hybridized carbons (Fsp3) is 1.00. The van der Waals surface area contributed by atoms with Gasteiger partial charge in [-0.25, -0.2) is 8.78 Å². The standard InChI is InChI=1S/C10H18F2.C10H20.C8H16O/c1-7(2)9-8(3)5-4-6-10(9,11)12;1-8(2)10-7-5-4-6-9(10)3;1-6(2)8-5-9-4-7(8)3/h7-9H,4-6H2,1-3H3;8-10H,4-7H2,1-3H3;6-8H,4-5H2,1-3H3. The van der Waals surface area contributed by atoms with Gasteiger partial charge in [-0.1, -0.05) is 88.0 Å². The molecule has 1 aliphatic heterocycles. The van der Waals surface area contributed by atoms with E-state index in [1.54, 1.807) is 0 Å². The van der Waals surface area contributed by atoms with Crippen molar-refractivity contribution < 1.29 is 13.5 Å². The molecule has 0 radical (unpaired) electrons. The minimum atomic E-state index is -2.41. The highest BCUT2D eigenvalue weighted by Crippen LogP contribution is 2.45. The van der Waals surface area contributed by atoms with Crippen LogP contribution in [0.4, 0.5) is 8.78 Å². The molecule has 6 atom stereocenters. The van der Waals surface area contributed by atoms with Gasteiger partial charge >= 0.3 is 0 Å². The van der Waals surface area contributed by atoms with Crippen LogP contribution in [0.3, 0.4) is 0 Å². The van der Waals surface area contributed by atoms with E-state index < -0.39 is 11.8 Å². The SMILES string of the molecule is CC(C)C1C(C)CCCC1(F)F.CC(C)C1CCCCC1C.CC(C)C1COCC1C. The normalized spacial score (nSPS) is 35.4. The molecule has 0 amide bonds. The van der Waals surface area contributed by atoms with Crippen LogP contribution >= 0.6 is 0 Å². The maximum atomic E-state index is 13.4. The maximum absolute atomic E-state index is 13.4. The molecule has 0 aromatic carbocycles. The van der Waals surface area contributed by atoms with Gasteiger partial charge in [0.05, 0.1) is 0 Å². The lowest BCUT2D eigenvalue weighted by molar-refractivity contribution is -0.122. The Labute approximate surface area is 193 Å². The molecule has 31 heavy (non-hydrogen) atoms. The molecule has 1 nitrogen and oxygen atoms in total. The van der Waals surface area contributed by atoms with E-state index in [1.807, 2.05) is 20.8 Å². The van der Waals surface area contributed by atoms with Gasteiger partial charge in [0.25, 0.3) is 5.92 Å². The fourth-order valence-corrected chi connectivity index (χ4v) is 6.43. The second-order valence-electron chi connectivity index (χ2n) is 12.0. The van der Waals surface area contributed by atoms with E-state index in [2.05, 4.69) is 41.5 Å². The summed E-state index contributed by atoms with van der Waals surface area (Å²) in [5.41, 5.74) is 0. The van der Waals surface area contributed by atoms with Crippen LogP contribution in [0, 0.1) is 53.3 Å². The van der Waals surface area contributed by atoms with E-state index >= 15 is 0 Å². The van der Waals surface area contributed by atoms with Crippen LogP contribution in [0.5, 0.6) is 0 Å². The molecule has 1 heterocycles. The predicted octanol–water partition coefficient (Wildman–Crippen LogP) is 9.11. The summed E-state index contributed by atoms with van der Waals surface area (Å²) in [7, 11) is 0. The molecule has 0 spiro atoms. The second kappa shape index (κ2) is 13.5. The van der Waals surface area contributed by atoms with Crippen LogP contribution in [0.15, 0.2) is 0 Å². The first-order valence-electron chi connectivity index (χ1n) is 13.3. The molecular formula is C28H54F2O. The Bertz CT molecular complexity index is 474. The zero-order valence-electron chi connectivity index (χ0n) is 22.2. The molecule has 0 bridgehead atoms. The van der Waals surface area contributed by atoms with E-state index in [0.29, 0.717) is 6.42 Å². The summed E-state index contributed by atoms with van der Waals surface area (Å²) < 4.78 is 32.1. The van der Waals surface area contributed by atoms with Crippen molar-refractivity contribution in [3.05, 3.63) is 0 Å². The monoisotopic (exact) mass is 444 g/mol. The van der Waals surface area contributed by atoms with Gasteiger partial charge in [-0.15, -0.1) is 0 Å². The summed E-state index contributed by atoms with van der Waals surface area (Å²) in [6.07, 6.45) is 7.68. The highest BCUT2D eigenvalue weighted by molar-refractivity contribution is 4.87. The molecular weight excluding hydrogens is 390 g/mol. The van der Waals surface area contributed by atoms with Gasteiger partial charge < -0.3 is 4.74 Å². The number of ether oxygens (including phenoxy) is 1. The Hall–Kier alpha value is -0.180. The predicted molar refractivity (Wildman–Crippen MR) is 131 cm³/mol. The second-order valence-corrected chi connectivity index (χ2v) is 12.0. The summed E-state index contributed by atoms with van der Waals surface area (Å²) in [5.74, 6) is 2.80. The number of halogens is 2. The minimum absolute atomic E-state index is 0.0974. The molecule has 186 valence electrons. The first-order chi connectivity index (χ1) is 14.4. The van der Waals surface area contributed by atoms with E-state index in [-0.39, 0.29) is 18.3 Å². The van der Waals surface area contributed by atoms with Crippen molar-refractivity contribution >= 4 is 0 Å². The first-order valence-corrected chi connectivity index (χ1v) is 13.3. The van der Waals surface area contributed by atoms with Crippen molar-refractivity contribution in [1.82, 2.24) is 0 Å². The Balaban J connectivity index is 0.000000235. The summed E-state index contributed by atoms with van der Waals surface area (Å²) in [6.45, 7) is 21.7. The maximum Gasteiger partial charge on any atom is 0.251 e. The molecule has 0 aromatic heterocycles. The quantitative estimate of drug-likeness (QED) is 0.421. The van der Waals surface area contributed by atoms with E-state index in [0.717, 1.165) is 55.1 Å². The van der Waals surface area contributed by atoms with Gasteiger partial charge in [0, 0.05) is 25.6 Å². The Kier molecular flexibility index (Phi) is 12.6. The molecule has 1 saturated heterocycles. The first kappa shape index (κ1) is 28.9. The van der Waals surface area contributed by atoms with Crippen LogP contribution in [-0.2, 0) is 4.74 Å². The molecule has 2 aliphatic carbocycles. The van der Waals surface area contributed by atoms with Gasteiger partial charge in [0.15, 0.2) is 0 Å². The topological polar surface area (TPSA) is 9.23 Å². The molecule has 2 saturated carbocycles. The van der Waals surface area contributed by atoms with Crippen molar-refractivity contribution in [2.75, 3.05) is 13.2 Å². The van der Waals surface area contributed by atoms with Crippen molar-refractivity contribution in [1.29, 1.82) is 0 Å². The highest BCUT2D eigenvalue weighted by Gasteiger charge is 2.46. The molecule has 3 heteroatoms. The summed E-state index contributed by atoms with van der Waals surface area (Å²) in [4.78, 5) is 0. The van der Waals surface area contributed by atoms with Crippen molar-refractivity contribution in [2.24, 2.45) is 53.3 Å². The van der Waals surface area contributed by atoms with Crippen LogP contribution < -0.4 is 0 Å². The summed E-state index contributed by atoms with van der Waals surface area (Å²) >= 11 is 0. The molecule has 3 fully saturated rings. The summed E-state index contributed by atoms with van der Waals surface area (Å²) in [5, 5.41) is 0. The molecule has 0 N–H and O–H groups in total. The van der Waals surface area contributed by atoms with Gasteiger partial charge in [0.1, 0.15) is 0 Å². The fourth-order valence-electron chi connectivity index (χ4n) is 6.43. The molecule has 3 aliphatic rings. The van der Waals surface area contributed by atoms with Gasteiger partial charge in [-0.3, -0.25) is 0 Å². The molecule has 0 aromatic rings. The zero-order valence-corrected chi connectivity index (χ0v) is 22.2. The Morgan fingerprint density at radius 2 is 1.19 bits per heavy atom. The highest BCUT2D eigenvalue weighted by atomic mass is 19.3. The Morgan fingerprint density at radius 3 is 1.52 bits per heavy atom. The lowest BCUT2D eigenvalue weighted by atomic mass is 9.72. The van der Waals surface area contributed by atoms with Gasteiger partial charge in [0.2, 0.25) is 0 Å². The van der Waals surface area contributed by atoms with Gasteiger partial charge in [-0.05, 0) is 60.2 Å². The van der Waals surface area contributed by atoms with Gasteiger partial charge in [-0.2, -0.15) is 0 Å². The smallest absolute Gasteiger partial charge is 0.251 e. The average molecular weight is 445 g/mol. The van der Waals surface area contributed by atoms with Crippen molar-refractivity contribution in [3.8, 4) is 0 Å². The lowest BCUT2D eigenvalue weighted by Crippen LogP contribution is -2.40. The van der Waals surface area contributed by atoms with Crippen LogP contribution in [0.2, 0.25) is 0 Å². The van der Waals surface area contributed by atoms with Crippen molar-refractivity contribution in [3.63, 3.8) is 0 Å². The summed E-state index contributed by atoms with van der Waals surface area (Å²) in [6, 6.07) is 0. The third-order valence-corrected chi connectivity index (χ3v) is 8.30. The number of hydrogen-bond acceptors (Lipinski definition) is 1. The van der Waals surface area contributed by atoms with Crippen molar-refractivity contribution in [2.45, 2.75) is 113 Å².